The fraction of sp³-hybridized carbons (Fsp3) is 0.700. The quantitative estimate of drug-likeness (QED) is 0.0893. The number of alkyl halides is 26. The van der Waals surface area contributed by atoms with Crippen LogP contribution in [0.3, 0.4) is 0 Å². The third kappa shape index (κ3) is 14.4. The summed E-state index contributed by atoms with van der Waals surface area (Å²) >= 11 is 0. The van der Waals surface area contributed by atoms with E-state index in [1.807, 2.05) is 0 Å². The molecule has 0 radical (unpaired) electrons. The standard InChI is InChI=1S/C20H9F26O8P/c21-9(22,49-11(25,26)13(29,30)51-15(33,34)17(37,38)53-19(41,42)43)6-47-55(8-4-2-1-3-5-8)48-7-10(23,24)50-12(27,28)14(31,32)52-16(35,36)18(39,40)54-20(44,45)46/h1-5H,6-7H2. The van der Waals surface area contributed by atoms with Gasteiger partial charge < -0.3 is 9.05 Å². The smallest absolute Gasteiger partial charge is 0.321 e. The van der Waals surface area contributed by atoms with Crippen LogP contribution >= 0.6 is 8.38 Å². The fourth-order valence-electron chi connectivity index (χ4n) is 2.53. The molecular formula is C20H9F26O8P. The second kappa shape index (κ2) is 16.0. The van der Waals surface area contributed by atoms with Gasteiger partial charge in [0.2, 0.25) is 8.38 Å². The SMILES string of the molecule is FC(F)(F)OC(F)(F)C(F)(F)OC(F)(F)C(F)(F)OC(F)(F)COP(OCC(F)(F)OC(F)(F)C(F)(F)OC(F)(F)C(F)(F)OC(F)(F)F)c1ccccc1. The van der Waals surface area contributed by atoms with Crippen molar-refractivity contribution in [3.05, 3.63) is 30.3 Å². The molecule has 35 heteroatoms. The lowest BCUT2D eigenvalue weighted by molar-refractivity contribution is -0.564. The van der Waals surface area contributed by atoms with Crippen molar-refractivity contribution >= 4 is 13.7 Å². The molecule has 0 aromatic heterocycles. The van der Waals surface area contributed by atoms with Gasteiger partial charge in [0.25, 0.3) is 0 Å². The topological polar surface area (TPSA) is 73.8 Å². The highest BCUT2D eigenvalue weighted by molar-refractivity contribution is 7.56. The summed E-state index contributed by atoms with van der Waals surface area (Å²) in [7, 11) is -3.96. The van der Waals surface area contributed by atoms with Crippen molar-refractivity contribution < 1.29 is 152 Å². The first-order chi connectivity index (χ1) is 23.9. The summed E-state index contributed by atoms with van der Waals surface area (Å²) < 4.78 is 359. The van der Waals surface area contributed by atoms with E-state index in [2.05, 4.69) is 18.5 Å². The highest BCUT2D eigenvalue weighted by atomic mass is 31.2. The third-order valence-corrected chi connectivity index (χ3v) is 6.02. The molecule has 0 aliphatic heterocycles. The van der Waals surface area contributed by atoms with E-state index < -0.39 is 101 Å². The van der Waals surface area contributed by atoms with Gasteiger partial charge in [-0.1, -0.05) is 18.2 Å². The average molecular weight is 902 g/mol. The zero-order valence-electron chi connectivity index (χ0n) is 24.3. The summed E-state index contributed by atoms with van der Waals surface area (Å²) in [6, 6.07) is 3.65. The van der Waals surface area contributed by atoms with Crippen molar-refractivity contribution in [1.29, 1.82) is 0 Å². The van der Waals surface area contributed by atoms with Gasteiger partial charge in [-0.2, -0.15) is 87.8 Å². The number of ether oxygens (including phenoxy) is 6. The summed E-state index contributed by atoms with van der Waals surface area (Å²) in [6.45, 7) is -6.17. The van der Waals surface area contributed by atoms with Crippen LogP contribution in [0.25, 0.3) is 0 Å². The van der Waals surface area contributed by atoms with Crippen LogP contribution in [0, 0.1) is 0 Å². The maximum atomic E-state index is 14.0. The van der Waals surface area contributed by atoms with Gasteiger partial charge in [-0.15, -0.1) is 26.3 Å². The molecule has 0 atom stereocenters. The molecule has 0 heterocycles. The maximum Gasteiger partial charge on any atom is 0.527 e. The van der Waals surface area contributed by atoms with Gasteiger partial charge in [0.1, 0.15) is 13.2 Å². The maximum absolute atomic E-state index is 14.0. The van der Waals surface area contributed by atoms with Gasteiger partial charge >= 0.3 is 73.8 Å². The van der Waals surface area contributed by atoms with E-state index in [0.717, 1.165) is 18.2 Å². The van der Waals surface area contributed by atoms with Crippen LogP contribution in [0.4, 0.5) is 114 Å². The van der Waals surface area contributed by atoms with Gasteiger partial charge in [0.05, 0.1) is 0 Å². The number of halogens is 26. The Morgan fingerprint density at radius 1 is 0.327 bits per heavy atom. The summed E-state index contributed by atoms with van der Waals surface area (Å²) in [4.78, 5) is 0. The van der Waals surface area contributed by atoms with Gasteiger partial charge in [-0.3, -0.25) is 0 Å². The Labute approximate surface area is 283 Å². The molecule has 324 valence electrons. The molecule has 1 aromatic carbocycles. The minimum atomic E-state index is -7.47. The van der Waals surface area contributed by atoms with Gasteiger partial charge in [0.15, 0.2) is 0 Å². The highest BCUT2D eigenvalue weighted by Gasteiger charge is 2.76. The molecule has 1 rings (SSSR count). The lowest BCUT2D eigenvalue weighted by atomic mass is 10.4. The molecule has 0 fully saturated rings. The second-order valence-corrected chi connectivity index (χ2v) is 10.6. The summed E-state index contributed by atoms with van der Waals surface area (Å²) in [5, 5.41) is -0.914. The molecule has 55 heavy (non-hydrogen) atoms. The summed E-state index contributed by atoms with van der Waals surface area (Å²) in [6.07, 6.45) is -84.9. The van der Waals surface area contributed by atoms with E-state index in [1.165, 1.54) is 9.47 Å². The van der Waals surface area contributed by atoms with Crippen LogP contribution in [0.1, 0.15) is 0 Å². The molecule has 0 spiro atoms. The van der Waals surface area contributed by atoms with Crippen LogP contribution in [-0.2, 0) is 37.5 Å². The normalized spacial score (nSPS) is 15.6. The molecule has 0 amide bonds. The van der Waals surface area contributed by atoms with Crippen molar-refractivity contribution in [2.75, 3.05) is 13.2 Å². The van der Waals surface area contributed by atoms with Gasteiger partial charge in [-0.05, 0) is 12.1 Å². The molecular weight excluding hydrogens is 893 g/mol. The Bertz CT molecular complexity index is 1300. The van der Waals surface area contributed by atoms with Crippen molar-refractivity contribution in [3.8, 4) is 0 Å². The molecule has 0 unspecified atom stereocenters. The number of benzene rings is 1. The van der Waals surface area contributed by atoms with Crippen molar-refractivity contribution in [2.24, 2.45) is 0 Å². The Kier molecular flexibility index (Phi) is 14.7. The van der Waals surface area contributed by atoms with Crippen LogP contribution in [0.2, 0.25) is 0 Å². The zero-order chi connectivity index (χ0) is 43.8. The van der Waals surface area contributed by atoms with E-state index in [0.29, 0.717) is 12.1 Å². The van der Waals surface area contributed by atoms with Crippen molar-refractivity contribution in [3.63, 3.8) is 0 Å². The zero-order valence-corrected chi connectivity index (χ0v) is 25.2. The van der Waals surface area contributed by atoms with E-state index in [-0.39, 0.29) is 0 Å². The average Bonchev–Trinajstić information content (AvgIpc) is 2.88. The van der Waals surface area contributed by atoms with E-state index >= 15 is 0 Å². The molecule has 0 bridgehead atoms. The Hall–Kier alpha value is -2.49. The third-order valence-electron chi connectivity index (χ3n) is 4.58. The van der Waals surface area contributed by atoms with E-state index in [9.17, 15) is 114 Å². The van der Waals surface area contributed by atoms with Crippen molar-refractivity contribution in [2.45, 2.75) is 73.8 Å². The Balaban J connectivity index is 3.18. The lowest BCUT2D eigenvalue weighted by Gasteiger charge is -2.34. The monoisotopic (exact) mass is 902 g/mol. The van der Waals surface area contributed by atoms with Crippen LogP contribution in [0.15, 0.2) is 30.3 Å². The first-order valence-electron chi connectivity index (χ1n) is 12.1. The first-order valence-corrected chi connectivity index (χ1v) is 13.3. The molecule has 0 saturated heterocycles. The molecule has 0 N–H and O–H groups in total. The largest absolute Gasteiger partial charge is 0.527 e. The predicted molar refractivity (Wildman–Crippen MR) is 113 cm³/mol. The van der Waals surface area contributed by atoms with Gasteiger partial charge in [-0.25, -0.2) is 28.4 Å². The van der Waals surface area contributed by atoms with Gasteiger partial charge in [0, 0.05) is 5.30 Å². The molecule has 0 saturated carbocycles. The number of rotatable bonds is 21. The van der Waals surface area contributed by atoms with Crippen molar-refractivity contribution in [1.82, 2.24) is 0 Å². The van der Waals surface area contributed by atoms with E-state index in [1.54, 1.807) is 9.47 Å². The molecule has 0 aliphatic carbocycles. The molecule has 8 nitrogen and oxygen atoms in total. The summed E-state index contributed by atoms with van der Waals surface area (Å²) in [5.41, 5.74) is 0. The minimum absolute atomic E-state index is 0.549. The second-order valence-electron chi connectivity index (χ2n) is 9.05. The molecule has 1 aromatic rings. The lowest BCUT2D eigenvalue weighted by Crippen LogP contribution is -2.57. The predicted octanol–water partition coefficient (Wildman–Crippen LogP) is 9.72. The minimum Gasteiger partial charge on any atom is -0.321 e. The first kappa shape index (κ1) is 50.5. The van der Waals surface area contributed by atoms with Crippen LogP contribution in [-0.4, -0.2) is 87.0 Å². The number of hydrogen-bond donors (Lipinski definition) is 0. The Morgan fingerprint density at radius 2 is 0.564 bits per heavy atom. The van der Waals surface area contributed by atoms with E-state index in [4.69, 9.17) is 0 Å². The van der Waals surface area contributed by atoms with Crippen LogP contribution < -0.4 is 5.30 Å². The fourth-order valence-corrected chi connectivity index (χ4v) is 3.85. The Morgan fingerprint density at radius 3 is 0.818 bits per heavy atom. The van der Waals surface area contributed by atoms with Crippen LogP contribution in [0.5, 0.6) is 0 Å². The molecule has 0 aliphatic rings. The number of hydrogen-bond acceptors (Lipinski definition) is 8. The summed E-state index contributed by atoms with van der Waals surface area (Å²) in [5.74, 6) is 0. The highest BCUT2D eigenvalue weighted by Crippen LogP contribution is 2.51.